The average molecular weight is 244 g/mol. The Morgan fingerprint density at radius 2 is 1.37 bits per heavy atom. The zero-order valence-electron chi connectivity index (χ0n) is 10.5. The van der Waals surface area contributed by atoms with E-state index in [0.717, 1.165) is 11.4 Å². The Balaban J connectivity index is 1.89. The second-order valence-electron chi connectivity index (χ2n) is 4.35. The van der Waals surface area contributed by atoms with Gasteiger partial charge in [0.2, 0.25) is 0 Å². The Morgan fingerprint density at radius 1 is 0.684 bits per heavy atom. The van der Waals surface area contributed by atoms with Gasteiger partial charge in [-0.15, -0.1) is 0 Å². The number of nitrogens with one attached hydrogen (secondary N) is 1. The molecule has 0 saturated heterocycles. The molecular formula is C18H14N. The average Bonchev–Trinajstić information content (AvgIpc) is 2.49. The monoisotopic (exact) mass is 244 g/mol. The van der Waals surface area contributed by atoms with Gasteiger partial charge in [0.25, 0.3) is 0 Å². The Kier molecular flexibility index (Phi) is 3.28. The third-order valence-corrected chi connectivity index (χ3v) is 2.96. The van der Waals surface area contributed by atoms with Gasteiger partial charge in [0, 0.05) is 17.4 Å². The zero-order chi connectivity index (χ0) is 12.9. The van der Waals surface area contributed by atoms with Crippen molar-refractivity contribution in [3.63, 3.8) is 0 Å². The topological polar surface area (TPSA) is 12.0 Å². The van der Waals surface area contributed by atoms with Crippen LogP contribution in [0, 0.1) is 6.07 Å². The molecule has 0 aromatic heterocycles. The van der Waals surface area contributed by atoms with E-state index in [9.17, 15) is 0 Å². The van der Waals surface area contributed by atoms with Crippen molar-refractivity contribution in [1.82, 2.24) is 0 Å². The van der Waals surface area contributed by atoms with E-state index in [2.05, 4.69) is 47.8 Å². The van der Waals surface area contributed by atoms with E-state index in [-0.39, 0.29) is 0 Å². The van der Waals surface area contributed by atoms with Crippen molar-refractivity contribution in [2.75, 3.05) is 5.32 Å². The number of hydrogen-bond donors (Lipinski definition) is 1. The highest BCUT2D eigenvalue weighted by atomic mass is 14.9. The fourth-order valence-electron chi connectivity index (χ4n) is 2.03. The van der Waals surface area contributed by atoms with Gasteiger partial charge < -0.3 is 5.32 Å². The van der Waals surface area contributed by atoms with Crippen molar-refractivity contribution < 1.29 is 0 Å². The third-order valence-electron chi connectivity index (χ3n) is 2.96. The molecule has 0 fully saturated rings. The van der Waals surface area contributed by atoms with E-state index in [4.69, 9.17) is 0 Å². The summed E-state index contributed by atoms with van der Waals surface area (Å²) in [5.74, 6) is 0. The number of rotatable bonds is 3. The molecule has 3 rings (SSSR count). The van der Waals surface area contributed by atoms with Crippen LogP contribution in [0.1, 0.15) is 0 Å². The second-order valence-corrected chi connectivity index (χ2v) is 4.35. The second kappa shape index (κ2) is 5.40. The van der Waals surface area contributed by atoms with Gasteiger partial charge in [-0.1, -0.05) is 60.7 Å². The molecular weight excluding hydrogens is 230 g/mol. The molecule has 0 saturated carbocycles. The molecule has 0 bridgehead atoms. The van der Waals surface area contributed by atoms with Gasteiger partial charge in [0.1, 0.15) is 0 Å². The minimum atomic E-state index is 0.979. The Labute approximate surface area is 113 Å². The lowest BCUT2D eigenvalue weighted by Gasteiger charge is -2.08. The molecule has 0 heterocycles. The summed E-state index contributed by atoms with van der Waals surface area (Å²) in [6.45, 7) is 0. The van der Waals surface area contributed by atoms with E-state index < -0.39 is 0 Å². The summed E-state index contributed by atoms with van der Waals surface area (Å²) in [7, 11) is 0. The molecule has 0 aliphatic carbocycles. The van der Waals surface area contributed by atoms with Crippen molar-refractivity contribution in [1.29, 1.82) is 0 Å². The number of benzene rings is 3. The summed E-state index contributed by atoms with van der Waals surface area (Å²) in [6, 6.07) is 29.8. The van der Waals surface area contributed by atoms with Gasteiger partial charge in [-0.05, 0) is 29.3 Å². The smallest absolute Gasteiger partial charge is 0.0470 e. The molecule has 1 heteroatoms. The molecule has 0 spiro atoms. The van der Waals surface area contributed by atoms with Crippen LogP contribution in [-0.4, -0.2) is 0 Å². The maximum absolute atomic E-state index is 3.36. The van der Waals surface area contributed by atoms with Gasteiger partial charge in [-0.3, -0.25) is 0 Å². The summed E-state index contributed by atoms with van der Waals surface area (Å²) in [4.78, 5) is 0. The molecule has 1 N–H and O–H groups in total. The zero-order valence-corrected chi connectivity index (χ0v) is 10.5. The highest BCUT2D eigenvalue weighted by Crippen LogP contribution is 2.23. The van der Waals surface area contributed by atoms with Crippen LogP contribution in [0.3, 0.4) is 0 Å². The fourth-order valence-corrected chi connectivity index (χ4v) is 2.03. The molecule has 91 valence electrons. The molecule has 3 aromatic carbocycles. The van der Waals surface area contributed by atoms with Crippen LogP contribution in [0.4, 0.5) is 11.4 Å². The van der Waals surface area contributed by atoms with Crippen LogP contribution in [-0.2, 0) is 0 Å². The van der Waals surface area contributed by atoms with E-state index in [1.165, 1.54) is 11.1 Å². The van der Waals surface area contributed by atoms with Gasteiger partial charge in [-0.25, -0.2) is 0 Å². The van der Waals surface area contributed by atoms with Gasteiger partial charge >= 0.3 is 0 Å². The van der Waals surface area contributed by atoms with Crippen molar-refractivity contribution in [2.24, 2.45) is 0 Å². The van der Waals surface area contributed by atoms with Crippen LogP contribution in [0.2, 0.25) is 0 Å². The SMILES string of the molecule is [c]1ccc(-c2ccccc2)cc1Nc1ccccc1. The minimum Gasteiger partial charge on any atom is -0.355 e. The standard InChI is InChI=1S/C18H14N/c1-3-8-15(9-4-1)16-10-7-13-18(14-16)19-17-11-5-2-6-12-17/h1-12,14,19H. The molecule has 1 nitrogen and oxygen atoms in total. The van der Waals surface area contributed by atoms with Crippen molar-refractivity contribution in [2.45, 2.75) is 0 Å². The lowest BCUT2D eigenvalue weighted by Crippen LogP contribution is -1.90. The summed E-state index contributed by atoms with van der Waals surface area (Å²) >= 11 is 0. The van der Waals surface area contributed by atoms with E-state index in [1.54, 1.807) is 0 Å². The lowest BCUT2D eigenvalue weighted by molar-refractivity contribution is 1.53. The Morgan fingerprint density at radius 3 is 2.11 bits per heavy atom. The summed E-state index contributed by atoms with van der Waals surface area (Å²) in [5, 5.41) is 3.36. The highest BCUT2D eigenvalue weighted by molar-refractivity contribution is 5.70. The van der Waals surface area contributed by atoms with Crippen molar-refractivity contribution in [3.8, 4) is 11.1 Å². The third kappa shape index (κ3) is 2.83. The van der Waals surface area contributed by atoms with Crippen LogP contribution in [0.25, 0.3) is 11.1 Å². The maximum Gasteiger partial charge on any atom is 0.0470 e. The summed E-state index contributed by atoms with van der Waals surface area (Å²) < 4.78 is 0. The quantitative estimate of drug-likeness (QED) is 0.691. The molecule has 0 aliphatic rings. The van der Waals surface area contributed by atoms with Crippen molar-refractivity contribution >= 4 is 11.4 Å². The molecule has 0 aliphatic heterocycles. The molecule has 0 amide bonds. The molecule has 19 heavy (non-hydrogen) atoms. The van der Waals surface area contributed by atoms with Crippen LogP contribution < -0.4 is 5.32 Å². The predicted molar refractivity (Wildman–Crippen MR) is 80.4 cm³/mol. The molecule has 3 aromatic rings. The first-order valence-electron chi connectivity index (χ1n) is 6.31. The summed E-state index contributed by atoms with van der Waals surface area (Å²) in [6.07, 6.45) is 0. The van der Waals surface area contributed by atoms with Crippen LogP contribution in [0.15, 0.2) is 78.9 Å². The molecule has 0 atom stereocenters. The number of hydrogen-bond acceptors (Lipinski definition) is 1. The number of anilines is 2. The Bertz CT molecular complexity index is 645. The van der Waals surface area contributed by atoms with Crippen LogP contribution >= 0.6 is 0 Å². The van der Waals surface area contributed by atoms with Crippen molar-refractivity contribution in [3.05, 3.63) is 84.9 Å². The van der Waals surface area contributed by atoms with E-state index >= 15 is 0 Å². The van der Waals surface area contributed by atoms with Gasteiger partial charge in [0.05, 0.1) is 0 Å². The summed E-state index contributed by atoms with van der Waals surface area (Å²) in [5.41, 5.74) is 4.46. The molecule has 1 radical (unpaired) electrons. The van der Waals surface area contributed by atoms with E-state index in [1.807, 2.05) is 42.5 Å². The van der Waals surface area contributed by atoms with E-state index in [0.29, 0.717) is 0 Å². The fraction of sp³-hybridized carbons (Fsp3) is 0. The Hall–Kier alpha value is -2.54. The lowest BCUT2D eigenvalue weighted by atomic mass is 10.1. The molecule has 0 unspecified atom stereocenters. The highest BCUT2D eigenvalue weighted by Gasteiger charge is 1.99. The van der Waals surface area contributed by atoms with Crippen LogP contribution in [0.5, 0.6) is 0 Å². The largest absolute Gasteiger partial charge is 0.355 e. The predicted octanol–water partition coefficient (Wildman–Crippen LogP) is 4.90. The van der Waals surface area contributed by atoms with Gasteiger partial charge in [0.15, 0.2) is 0 Å². The minimum absolute atomic E-state index is 0.979. The first-order valence-corrected chi connectivity index (χ1v) is 6.31. The van der Waals surface area contributed by atoms with Gasteiger partial charge in [-0.2, -0.15) is 0 Å². The number of para-hydroxylation sites is 1. The first-order chi connectivity index (χ1) is 9.42. The normalized spacial score (nSPS) is 10.1. The maximum atomic E-state index is 3.36. The first kappa shape index (κ1) is 11.5.